The molecule has 2 amide bonds. The van der Waals surface area contributed by atoms with Crippen molar-refractivity contribution in [2.45, 2.75) is 44.5 Å². The summed E-state index contributed by atoms with van der Waals surface area (Å²) in [5.41, 5.74) is 5.15. The molecule has 1 aromatic heterocycles. The summed E-state index contributed by atoms with van der Waals surface area (Å²) in [6, 6.07) is 13.9. The van der Waals surface area contributed by atoms with Crippen LogP contribution in [0.15, 0.2) is 48.7 Å². The molecule has 0 saturated heterocycles. The van der Waals surface area contributed by atoms with Gasteiger partial charge in [0.2, 0.25) is 11.9 Å². The summed E-state index contributed by atoms with van der Waals surface area (Å²) in [6.45, 7) is 1.70. The van der Waals surface area contributed by atoms with Crippen molar-refractivity contribution in [3.63, 3.8) is 0 Å². The number of aliphatic hydroxyl groups is 1. The van der Waals surface area contributed by atoms with Crippen molar-refractivity contribution in [1.29, 1.82) is 0 Å². The highest BCUT2D eigenvalue weighted by Gasteiger charge is 2.32. The monoisotopic (exact) mass is 503 g/mol. The fraction of sp³-hybridized carbons (Fsp3) is 0.333. The second-order valence-electron chi connectivity index (χ2n) is 9.72. The fourth-order valence-electron chi connectivity index (χ4n) is 5.14. The van der Waals surface area contributed by atoms with Crippen LogP contribution in [0.4, 0.5) is 5.95 Å². The van der Waals surface area contributed by atoms with Gasteiger partial charge in [-0.15, -0.1) is 0 Å². The Morgan fingerprint density at radius 2 is 1.92 bits per heavy atom. The zero-order valence-corrected chi connectivity index (χ0v) is 20.4. The van der Waals surface area contributed by atoms with Gasteiger partial charge in [-0.3, -0.25) is 9.59 Å². The summed E-state index contributed by atoms with van der Waals surface area (Å²) < 4.78 is 0. The maximum absolute atomic E-state index is 13.2. The Morgan fingerprint density at radius 3 is 2.72 bits per heavy atom. The Kier molecular flexibility index (Phi) is 5.85. The molecule has 3 aromatic rings. The van der Waals surface area contributed by atoms with Crippen molar-refractivity contribution < 1.29 is 14.7 Å². The number of aliphatic hydroxyl groups excluding tert-OH is 1. The highest BCUT2D eigenvalue weighted by Crippen LogP contribution is 2.32. The first-order valence-corrected chi connectivity index (χ1v) is 12.6. The topological polar surface area (TPSA) is 98.7 Å². The molecule has 0 spiro atoms. The number of hydrogen-bond acceptors (Lipinski definition) is 6. The van der Waals surface area contributed by atoms with Crippen LogP contribution in [0.1, 0.15) is 39.9 Å². The number of amides is 2. The molecule has 0 bridgehead atoms. The van der Waals surface area contributed by atoms with E-state index in [2.05, 4.69) is 27.4 Å². The second-order valence-corrected chi connectivity index (χ2v) is 10.1. The van der Waals surface area contributed by atoms with Crippen molar-refractivity contribution >= 4 is 29.4 Å². The number of carbonyl (C=O) groups is 2. The summed E-state index contributed by atoms with van der Waals surface area (Å²) in [7, 11) is 0. The number of rotatable bonds is 5. The van der Waals surface area contributed by atoms with Gasteiger partial charge < -0.3 is 20.2 Å². The van der Waals surface area contributed by atoms with E-state index in [4.69, 9.17) is 11.6 Å². The molecule has 2 aliphatic heterocycles. The van der Waals surface area contributed by atoms with Gasteiger partial charge in [0, 0.05) is 36.8 Å². The molecule has 184 valence electrons. The molecule has 0 radical (unpaired) electrons. The molecule has 2 aromatic carbocycles. The maximum atomic E-state index is 13.2. The molecular weight excluding hydrogens is 478 g/mol. The molecule has 9 heteroatoms. The number of carbonyl (C=O) groups excluding carboxylic acids is 2. The molecule has 1 aliphatic carbocycles. The van der Waals surface area contributed by atoms with Crippen molar-refractivity contribution in [2.75, 3.05) is 18.4 Å². The fourth-order valence-corrected chi connectivity index (χ4v) is 5.34. The third kappa shape index (κ3) is 4.31. The lowest BCUT2D eigenvalue weighted by Crippen LogP contribution is -2.42. The van der Waals surface area contributed by atoms with Crippen LogP contribution in [0.25, 0.3) is 11.3 Å². The van der Waals surface area contributed by atoms with Crippen LogP contribution >= 0.6 is 11.6 Å². The Bertz CT molecular complexity index is 1360. The van der Waals surface area contributed by atoms with Gasteiger partial charge in [-0.1, -0.05) is 48.0 Å². The first kappa shape index (κ1) is 22.9. The molecule has 1 saturated carbocycles. The second kappa shape index (κ2) is 9.19. The van der Waals surface area contributed by atoms with E-state index in [-0.39, 0.29) is 30.5 Å². The molecule has 1 fully saturated rings. The third-order valence-corrected chi connectivity index (χ3v) is 7.54. The van der Waals surface area contributed by atoms with Gasteiger partial charge in [-0.05, 0) is 42.0 Å². The molecular formula is C27H26ClN5O3. The quantitative estimate of drug-likeness (QED) is 0.554. The van der Waals surface area contributed by atoms with Crippen molar-refractivity contribution in [2.24, 2.45) is 0 Å². The number of hydrogen-bond donors (Lipinski definition) is 2. The van der Waals surface area contributed by atoms with Crippen LogP contribution in [-0.4, -0.2) is 61.9 Å². The molecule has 2 N–H and O–H groups in total. The van der Waals surface area contributed by atoms with E-state index in [1.165, 1.54) is 17.3 Å². The maximum Gasteiger partial charge on any atom is 0.254 e. The minimum Gasteiger partial charge on any atom is -0.393 e. The molecule has 0 unspecified atom stereocenters. The van der Waals surface area contributed by atoms with Gasteiger partial charge in [0.05, 0.1) is 23.0 Å². The zero-order valence-electron chi connectivity index (χ0n) is 19.7. The average Bonchev–Trinajstić information content (AvgIpc) is 3.18. The number of aromatic nitrogens is 2. The van der Waals surface area contributed by atoms with E-state index in [0.717, 1.165) is 12.0 Å². The number of anilines is 1. The summed E-state index contributed by atoms with van der Waals surface area (Å²) in [4.78, 5) is 38.5. The average molecular weight is 504 g/mol. The number of halogens is 1. The highest BCUT2D eigenvalue weighted by molar-refractivity contribution is 6.33. The van der Waals surface area contributed by atoms with Crippen LogP contribution in [0.2, 0.25) is 5.02 Å². The minimum atomic E-state index is -0.280. The largest absolute Gasteiger partial charge is 0.393 e. The van der Waals surface area contributed by atoms with Crippen molar-refractivity contribution in [3.8, 4) is 11.3 Å². The number of benzene rings is 2. The third-order valence-electron chi connectivity index (χ3n) is 7.26. The molecule has 6 rings (SSSR count). The van der Waals surface area contributed by atoms with E-state index >= 15 is 0 Å². The van der Waals surface area contributed by atoms with Gasteiger partial charge in [-0.25, -0.2) is 9.97 Å². The standard InChI is InChI=1S/C27H26ClN5O3/c28-23-12-29-27(30-20-10-21(34)11-20)31-25(23)17-5-6-19-14-33(26(36)22(19)9-17)15-24(35)32-8-7-16-3-1-2-4-18(16)13-32/h1-6,9,12,20-21,34H,7-8,10-11,13-15H2,(H,29,30,31). The molecule has 0 atom stereocenters. The number of nitrogens with one attached hydrogen (secondary N) is 1. The Balaban J connectivity index is 1.16. The first-order valence-electron chi connectivity index (χ1n) is 12.2. The minimum absolute atomic E-state index is 0.0402. The molecule has 3 heterocycles. The van der Waals surface area contributed by atoms with Gasteiger partial charge in [-0.2, -0.15) is 0 Å². The van der Waals surface area contributed by atoms with E-state index in [1.54, 1.807) is 11.0 Å². The Hall–Kier alpha value is -3.49. The number of nitrogens with zero attached hydrogens (tertiary/aromatic N) is 4. The van der Waals surface area contributed by atoms with Gasteiger partial charge in [0.1, 0.15) is 6.54 Å². The predicted octanol–water partition coefficient (Wildman–Crippen LogP) is 3.27. The lowest BCUT2D eigenvalue weighted by atomic mass is 9.90. The summed E-state index contributed by atoms with van der Waals surface area (Å²) in [6.07, 6.45) is 3.41. The molecule has 3 aliphatic rings. The van der Waals surface area contributed by atoms with Crippen LogP contribution in [0.5, 0.6) is 0 Å². The van der Waals surface area contributed by atoms with Gasteiger partial charge >= 0.3 is 0 Å². The SMILES string of the molecule is O=C(CN1Cc2ccc(-c3nc(NC4CC(O)C4)ncc3Cl)cc2C1=O)N1CCc2ccccc2C1. The van der Waals surface area contributed by atoms with Gasteiger partial charge in [0.15, 0.2) is 0 Å². The van der Waals surface area contributed by atoms with Crippen molar-refractivity contribution in [1.82, 2.24) is 19.8 Å². The molecule has 8 nitrogen and oxygen atoms in total. The van der Waals surface area contributed by atoms with E-state index in [0.29, 0.717) is 60.3 Å². The lowest BCUT2D eigenvalue weighted by molar-refractivity contribution is -0.132. The Labute approximate surface area is 213 Å². The normalized spacial score (nSPS) is 20.6. The smallest absolute Gasteiger partial charge is 0.254 e. The van der Waals surface area contributed by atoms with Crippen LogP contribution < -0.4 is 5.32 Å². The predicted molar refractivity (Wildman–Crippen MR) is 135 cm³/mol. The highest BCUT2D eigenvalue weighted by atomic mass is 35.5. The van der Waals surface area contributed by atoms with Gasteiger partial charge in [0.25, 0.3) is 5.91 Å². The zero-order chi connectivity index (χ0) is 24.8. The van der Waals surface area contributed by atoms with E-state index in [1.807, 2.05) is 29.2 Å². The van der Waals surface area contributed by atoms with Crippen LogP contribution in [0, 0.1) is 0 Å². The first-order chi connectivity index (χ1) is 17.4. The summed E-state index contributed by atoms with van der Waals surface area (Å²) in [5.74, 6) is 0.236. The summed E-state index contributed by atoms with van der Waals surface area (Å²) in [5, 5.41) is 13.1. The lowest BCUT2D eigenvalue weighted by Gasteiger charge is -2.31. The Morgan fingerprint density at radius 1 is 1.11 bits per heavy atom. The van der Waals surface area contributed by atoms with Crippen LogP contribution in [0.3, 0.4) is 0 Å². The van der Waals surface area contributed by atoms with E-state index < -0.39 is 0 Å². The number of fused-ring (bicyclic) bond motifs is 2. The van der Waals surface area contributed by atoms with Crippen molar-refractivity contribution in [3.05, 3.63) is 75.9 Å². The molecule has 36 heavy (non-hydrogen) atoms. The van der Waals surface area contributed by atoms with E-state index in [9.17, 15) is 14.7 Å². The van der Waals surface area contributed by atoms with Crippen LogP contribution in [-0.2, 0) is 24.3 Å². The summed E-state index contributed by atoms with van der Waals surface area (Å²) >= 11 is 6.41.